The lowest BCUT2D eigenvalue weighted by Gasteiger charge is -2.34. The minimum atomic E-state index is -0.157. The van der Waals surface area contributed by atoms with Crippen molar-refractivity contribution in [3.05, 3.63) is 47.7 Å². The van der Waals surface area contributed by atoms with E-state index < -0.39 is 0 Å². The molecule has 0 aromatic heterocycles. The fraction of sp³-hybridized carbons (Fsp3) is 0.357. The lowest BCUT2D eigenvalue weighted by atomic mass is 10.0. The molecule has 3 heteroatoms. The number of hydroxylamine groups is 2. The average Bonchev–Trinajstić information content (AvgIpc) is 2.74. The summed E-state index contributed by atoms with van der Waals surface area (Å²) in [4.78, 5) is 5.58. The zero-order valence-corrected chi connectivity index (χ0v) is 10.3. The number of nitrogens with zero attached hydrogens (tertiary/aromatic N) is 2. The van der Waals surface area contributed by atoms with Crippen LogP contribution >= 0.6 is 0 Å². The zero-order chi connectivity index (χ0) is 12.5. The average molecular weight is 228 g/mol. The van der Waals surface area contributed by atoms with E-state index in [4.69, 9.17) is 10.1 Å². The molecule has 1 heterocycles. The Kier molecular flexibility index (Phi) is 2.91. The van der Waals surface area contributed by atoms with Crippen molar-refractivity contribution in [2.24, 2.45) is 0 Å². The van der Waals surface area contributed by atoms with E-state index in [0.717, 1.165) is 5.56 Å². The van der Waals surface area contributed by atoms with Gasteiger partial charge in [-0.15, -0.1) is 5.06 Å². The number of nitriles is 1. The van der Waals surface area contributed by atoms with Crippen molar-refractivity contribution in [3.63, 3.8) is 0 Å². The molecule has 0 amide bonds. The van der Waals surface area contributed by atoms with Gasteiger partial charge >= 0.3 is 0 Å². The molecule has 1 atom stereocenters. The van der Waals surface area contributed by atoms with Crippen LogP contribution in [0.1, 0.15) is 32.4 Å². The first kappa shape index (κ1) is 11.7. The number of hydrogen-bond donors (Lipinski definition) is 0. The van der Waals surface area contributed by atoms with Crippen LogP contribution in [0.3, 0.4) is 0 Å². The molecule has 1 aromatic rings. The molecule has 1 unspecified atom stereocenters. The second-order valence-electron chi connectivity index (χ2n) is 5.09. The highest BCUT2D eigenvalue weighted by Gasteiger charge is 2.36. The van der Waals surface area contributed by atoms with E-state index in [-0.39, 0.29) is 11.6 Å². The number of allylic oxidation sites excluding steroid dienone is 1. The van der Waals surface area contributed by atoms with Crippen molar-refractivity contribution in [2.45, 2.75) is 32.4 Å². The molecule has 0 radical (unpaired) electrons. The van der Waals surface area contributed by atoms with Crippen molar-refractivity contribution < 1.29 is 4.84 Å². The zero-order valence-electron chi connectivity index (χ0n) is 10.3. The van der Waals surface area contributed by atoms with Gasteiger partial charge in [-0.1, -0.05) is 30.3 Å². The molecule has 3 nitrogen and oxygen atoms in total. The first-order valence-electron chi connectivity index (χ1n) is 5.66. The molecule has 1 aliphatic heterocycles. The summed E-state index contributed by atoms with van der Waals surface area (Å²) in [5.74, 6) is 0.369. The third-order valence-electron chi connectivity index (χ3n) is 2.67. The monoisotopic (exact) mass is 228 g/mol. The van der Waals surface area contributed by atoms with E-state index in [2.05, 4.69) is 26.8 Å². The third kappa shape index (κ3) is 2.32. The van der Waals surface area contributed by atoms with E-state index in [1.54, 1.807) is 0 Å². The molecule has 2 rings (SSSR count). The van der Waals surface area contributed by atoms with E-state index in [1.807, 2.05) is 41.5 Å². The minimum Gasteiger partial charge on any atom is -0.394 e. The van der Waals surface area contributed by atoms with Crippen molar-refractivity contribution in [1.82, 2.24) is 5.06 Å². The summed E-state index contributed by atoms with van der Waals surface area (Å²) in [5, 5.41) is 10.8. The maximum absolute atomic E-state index is 8.94. The Labute approximate surface area is 102 Å². The highest BCUT2D eigenvalue weighted by Crippen LogP contribution is 2.36. The van der Waals surface area contributed by atoms with Gasteiger partial charge in [-0.05, 0) is 32.4 Å². The van der Waals surface area contributed by atoms with E-state index in [1.165, 1.54) is 0 Å². The summed E-state index contributed by atoms with van der Waals surface area (Å²) in [6.45, 7) is 6.20. The predicted molar refractivity (Wildman–Crippen MR) is 65.6 cm³/mol. The van der Waals surface area contributed by atoms with Gasteiger partial charge in [-0.25, -0.2) is 0 Å². The number of benzene rings is 1. The van der Waals surface area contributed by atoms with Crippen LogP contribution in [0.5, 0.6) is 0 Å². The molecule has 0 aliphatic carbocycles. The normalized spacial score (nSPS) is 20.6. The van der Waals surface area contributed by atoms with Crippen LogP contribution in [0.2, 0.25) is 0 Å². The smallest absolute Gasteiger partial charge is 0.222 e. The highest BCUT2D eigenvalue weighted by molar-refractivity contribution is 5.29. The van der Waals surface area contributed by atoms with Crippen molar-refractivity contribution in [2.75, 3.05) is 0 Å². The van der Waals surface area contributed by atoms with Crippen LogP contribution in [0.25, 0.3) is 0 Å². The van der Waals surface area contributed by atoms with Gasteiger partial charge in [0.25, 0.3) is 0 Å². The molecule has 0 saturated carbocycles. The minimum absolute atomic E-state index is 0.00542. The van der Waals surface area contributed by atoms with Gasteiger partial charge in [0.2, 0.25) is 5.76 Å². The van der Waals surface area contributed by atoms with E-state index >= 15 is 0 Å². The first-order chi connectivity index (χ1) is 8.02. The van der Waals surface area contributed by atoms with Crippen molar-refractivity contribution in [1.29, 1.82) is 5.26 Å². The van der Waals surface area contributed by atoms with Gasteiger partial charge in [-0.2, -0.15) is 5.26 Å². The standard InChI is InChI=1S/C14H16N2O/c1-14(2,3)16-13(9-12(10-15)17-16)11-7-5-4-6-8-11/h4-9,13H,1-3H3. The summed E-state index contributed by atoms with van der Waals surface area (Å²) < 4.78 is 0. The molecule has 0 bridgehead atoms. The van der Waals surface area contributed by atoms with Crippen molar-refractivity contribution in [3.8, 4) is 6.07 Å². The summed E-state index contributed by atoms with van der Waals surface area (Å²) in [6.07, 6.45) is 1.86. The third-order valence-corrected chi connectivity index (χ3v) is 2.67. The molecule has 0 N–H and O–H groups in total. The summed E-state index contributed by atoms with van der Waals surface area (Å²) in [5.41, 5.74) is 0.975. The van der Waals surface area contributed by atoms with E-state index in [9.17, 15) is 0 Å². The van der Waals surface area contributed by atoms with Crippen LogP contribution in [0.15, 0.2) is 42.2 Å². The topological polar surface area (TPSA) is 36.3 Å². The van der Waals surface area contributed by atoms with Gasteiger partial charge in [0.1, 0.15) is 6.07 Å². The molecule has 1 aromatic carbocycles. The largest absolute Gasteiger partial charge is 0.394 e. The highest BCUT2D eigenvalue weighted by atomic mass is 16.7. The fourth-order valence-electron chi connectivity index (χ4n) is 1.90. The maximum Gasteiger partial charge on any atom is 0.222 e. The van der Waals surface area contributed by atoms with Crippen LogP contribution in [0.4, 0.5) is 0 Å². The molecule has 17 heavy (non-hydrogen) atoms. The second-order valence-corrected chi connectivity index (χ2v) is 5.09. The molecular weight excluding hydrogens is 212 g/mol. The Balaban J connectivity index is 2.36. The van der Waals surface area contributed by atoms with E-state index in [0.29, 0.717) is 5.76 Å². The molecule has 0 spiro atoms. The van der Waals surface area contributed by atoms with Crippen LogP contribution < -0.4 is 0 Å². The fourth-order valence-corrected chi connectivity index (χ4v) is 1.90. The van der Waals surface area contributed by atoms with Gasteiger partial charge in [0, 0.05) is 5.54 Å². The Hall–Kier alpha value is -1.79. The quantitative estimate of drug-likeness (QED) is 0.740. The first-order valence-corrected chi connectivity index (χ1v) is 5.66. The Morgan fingerprint density at radius 3 is 2.41 bits per heavy atom. The number of hydrogen-bond acceptors (Lipinski definition) is 3. The van der Waals surface area contributed by atoms with Crippen LogP contribution in [-0.4, -0.2) is 10.6 Å². The van der Waals surface area contributed by atoms with Crippen molar-refractivity contribution >= 4 is 0 Å². The second kappa shape index (κ2) is 4.23. The molecular formula is C14H16N2O. The van der Waals surface area contributed by atoms with Gasteiger partial charge < -0.3 is 4.84 Å². The Morgan fingerprint density at radius 1 is 1.24 bits per heavy atom. The summed E-state index contributed by atoms with van der Waals surface area (Å²) in [7, 11) is 0. The molecule has 0 saturated heterocycles. The Morgan fingerprint density at radius 2 is 1.88 bits per heavy atom. The van der Waals surface area contributed by atoms with Crippen LogP contribution in [-0.2, 0) is 4.84 Å². The molecule has 88 valence electrons. The van der Waals surface area contributed by atoms with Gasteiger partial charge in [0.15, 0.2) is 0 Å². The number of rotatable bonds is 1. The van der Waals surface area contributed by atoms with Gasteiger partial charge in [-0.3, -0.25) is 0 Å². The lowest BCUT2D eigenvalue weighted by Crippen LogP contribution is -2.40. The van der Waals surface area contributed by atoms with Gasteiger partial charge in [0.05, 0.1) is 6.04 Å². The Bertz CT molecular complexity index is 465. The van der Waals surface area contributed by atoms with Crippen LogP contribution in [0, 0.1) is 11.3 Å². The summed E-state index contributed by atoms with van der Waals surface area (Å²) in [6, 6.07) is 12.1. The molecule has 0 fully saturated rings. The predicted octanol–water partition coefficient (Wildman–Crippen LogP) is 3.18. The maximum atomic E-state index is 8.94. The SMILES string of the molecule is CC(C)(C)N1OC(C#N)=CC1c1ccccc1. The molecule has 1 aliphatic rings. The lowest BCUT2D eigenvalue weighted by molar-refractivity contribution is -0.174. The summed E-state index contributed by atoms with van der Waals surface area (Å²) >= 11 is 0.